The van der Waals surface area contributed by atoms with Gasteiger partial charge in [-0.1, -0.05) is 36.9 Å². The Labute approximate surface area is 147 Å². The normalized spacial score (nSPS) is 11.8. The summed E-state index contributed by atoms with van der Waals surface area (Å²) in [7, 11) is 0. The van der Waals surface area contributed by atoms with E-state index in [0.717, 1.165) is 12.5 Å². The number of thioether (sulfide) groups is 1. The molecule has 0 aliphatic heterocycles. The molecule has 0 spiro atoms. The minimum atomic E-state index is -4.34. The van der Waals surface area contributed by atoms with E-state index in [4.69, 9.17) is 4.42 Å². The quantitative estimate of drug-likeness (QED) is 0.558. The SMILES string of the molecule is CCCn1c(SCc2cccc(C(F)(F)F)c2)nnc1-c1ccco1. The van der Waals surface area contributed by atoms with Gasteiger partial charge in [0.25, 0.3) is 0 Å². The zero-order valence-corrected chi connectivity index (χ0v) is 14.3. The molecule has 0 radical (unpaired) electrons. The molecule has 0 saturated heterocycles. The average Bonchev–Trinajstić information content (AvgIpc) is 3.22. The van der Waals surface area contributed by atoms with E-state index in [9.17, 15) is 13.2 Å². The van der Waals surface area contributed by atoms with E-state index >= 15 is 0 Å². The summed E-state index contributed by atoms with van der Waals surface area (Å²) < 4.78 is 45.7. The second-order valence-corrected chi connectivity index (χ2v) is 6.36. The Balaban J connectivity index is 1.80. The van der Waals surface area contributed by atoms with Crippen LogP contribution in [0.5, 0.6) is 0 Å². The van der Waals surface area contributed by atoms with Crippen molar-refractivity contribution in [3.63, 3.8) is 0 Å². The molecule has 4 nitrogen and oxygen atoms in total. The van der Waals surface area contributed by atoms with Crippen LogP contribution >= 0.6 is 11.8 Å². The third-order valence-electron chi connectivity index (χ3n) is 3.53. The van der Waals surface area contributed by atoms with Gasteiger partial charge in [0, 0.05) is 12.3 Å². The molecule has 0 saturated carbocycles. The molecule has 132 valence electrons. The fraction of sp³-hybridized carbons (Fsp3) is 0.294. The van der Waals surface area contributed by atoms with Crippen molar-refractivity contribution in [2.75, 3.05) is 0 Å². The van der Waals surface area contributed by atoms with Crippen molar-refractivity contribution in [1.82, 2.24) is 14.8 Å². The average molecular weight is 367 g/mol. The maximum Gasteiger partial charge on any atom is 0.416 e. The summed E-state index contributed by atoms with van der Waals surface area (Å²) in [5.41, 5.74) is -0.0534. The summed E-state index contributed by atoms with van der Waals surface area (Å²) in [6.07, 6.45) is -1.89. The molecule has 1 aromatic carbocycles. The number of aromatic nitrogens is 3. The highest BCUT2D eigenvalue weighted by molar-refractivity contribution is 7.98. The van der Waals surface area contributed by atoms with Crippen LogP contribution in [0.1, 0.15) is 24.5 Å². The Bertz CT molecular complexity index is 828. The van der Waals surface area contributed by atoms with Gasteiger partial charge >= 0.3 is 6.18 Å². The minimum Gasteiger partial charge on any atom is -0.461 e. The number of hydrogen-bond acceptors (Lipinski definition) is 4. The number of hydrogen-bond donors (Lipinski definition) is 0. The van der Waals surface area contributed by atoms with Crippen LogP contribution in [0.2, 0.25) is 0 Å². The van der Waals surface area contributed by atoms with Crippen LogP contribution in [0.3, 0.4) is 0 Å². The van der Waals surface area contributed by atoms with Crippen LogP contribution in [0.15, 0.2) is 52.2 Å². The summed E-state index contributed by atoms with van der Waals surface area (Å²) in [5.74, 6) is 1.62. The van der Waals surface area contributed by atoms with Crippen LogP contribution in [-0.2, 0) is 18.5 Å². The Kier molecular flexibility index (Phi) is 5.17. The van der Waals surface area contributed by atoms with Gasteiger partial charge in [-0.15, -0.1) is 10.2 Å². The number of benzene rings is 1. The van der Waals surface area contributed by atoms with Crippen LogP contribution in [0.25, 0.3) is 11.6 Å². The van der Waals surface area contributed by atoms with Gasteiger partial charge in [-0.25, -0.2) is 0 Å². The predicted molar refractivity (Wildman–Crippen MR) is 89.0 cm³/mol. The van der Waals surface area contributed by atoms with E-state index < -0.39 is 11.7 Å². The summed E-state index contributed by atoms with van der Waals surface area (Å²) in [6.45, 7) is 2.74. The summed E-state index contributed by atoms with van der Waals surface area (Å²) in [5, 5.41) is 8.99. The molecule has 0 N–H and O–H groups in total. The van der Waals surface area contributed by atoms with Crippen molar-refractivity contribution < 1.29 is 17.6 Å². The minimum absolute atomic E-state index is 0.379. The van der Waals surface area contributed by atoms with Gasteiger partial charge in [0.1, 0.15) is 0 Å². The third kappa shape index (κ3) is 4.07. The highest BCUT2D eigenvalue weighted by Crippen LogP contribution is 2.31. The first-order valence-electron chi connectivity index (χ1n) is 7.75. The summed E-state index contributed by atoms with van der Waals surface area (Å²) in [4.78, 5) is 0. The predicted octanol–water partition coefficient (Wildman–Crippen LogP) is 5.26. The lowest BCUT2D eigenvalue weighted by Crippen LogP contribution is -2.05. The molecule has 8 heteroatoms. The molecule has 3 aromatic rings. The number of halogens is 3. The molecule has 0 amide bonds. The molecule has 0 fully saturated rings. The number of nitrogens with zero attached hydrogens (tertiary/aromatic N) is 3. The van der Waals surface area contributed by atoms with Crippen LogP contribution in [0.4, 0.5) is 13.2 Å². The zero-order valence-electron chi connectivity index (χ0n) is 13.5. The van der Waals surface area contributed by atoms with Gasteiger partial charge < -0.3 is 4.42 Å². The van der Waals surface area contributed by atoms with E-state index in [1.54, 1.807) is 24.5 Å². The molecule has 0 bridgehead atoms. The van der Waals surface area contributed by atoms with Gasteiger partial charge in [0.15, 0.2) is 16.7 Å². The molecule has 0 unspecified atom stereocenters. The van der Waals surface area contributed by atoms with Gasteiger partial charge in [-0.3, -0.25) is 4.57 Å². The Hall–Kier alpha value is -2.22. The summed E-state index contributed by atoms with van der Waals surface area (Å²) >= 11 is 1.36. The van der Waals surface area contributed by atoms with E-state index in [1.165, 1.54) is 23.9 Å². The van der Waals surface area contributed by atoms with E-state index in [1.807, 2.05) is 11.5 Å². The maximum atomic E-state index is 12.8. The summed E-state index contributed by atoms with van der Waals surface area (Å²) in [6, 6.07) is 8.91. The van der Waals surface area contributed by atoms with Gasteiger partial charge in [0.2, 0.25) is 0 Å². The molecule has 0 atom stereocenters. The van der Waals surface area contributed by atoms with Crippen LogP contribution < -0.4 is 0 Å². The first-order chi connectivity index (χ1) is 12.0. The lowest BCUT2D eigenvalue weighted by atomic mass is 10.1. The van der Waals surface area contributed by atoms with Crippen molar-refractivity contribution in [3.8, 4) is 11.6 Å². The highest BCUT2D eigenvalue weighted by Gasteiger charge is 2.30. The lowest BCUT2D eigenvalue weighted by Gasteiger charge is -2.09. The van der Waals surface area contributed by atoms with Crippen LogP contribution in [0, 0.1) is 0 Å². The number of rotatable bonds is 6. The Morgan fingerprint density at radius 1 is 1.16 bits per heavy atom. The van der Waals surface area contributed by atoms with Crippen molar-refractivity contribution in [1.29, 1.82) is 0 Å². The number of alkyl halides is 3. The third-order valence-corrected chi connectivity index (χ3v) is 4.57. The van der Waals surface area contributed by atoms with Gasteiger partial charge in [0.05, 0.1) is 11.8 Å². The second kappa shape index (κ2) is 7.35. The lowest BCUT2D eigenvalue weighted by molar-refractivity contribution is -0.137. The van der Waals surface area contributed by atoms with Gasteiger partial charge in [-0.2, -0.15) is 13.2 Å². The monoisotopic (exact) mass is 367 g/mol. The molecule has 0 aliphatic rings. The molecule has 25 heavy (non-hydrogen) atoms. The molecular formula is C17H16F3N3OS. The van der Waals surface area contributed by atoms with Crippen molar-refractivity contribution in [2.24, 2.45) is 0 Å². The first-order valence-corrected chi connectivity index (χ1v) is 8.73. The van der Waals surface area contributed by atoms with E-state index in [0.29, 0.717) is 34.6 Å². The van der Waals surface area contributed by atoms with E-state index in [2.05, 4.69) is 10.2 Å². The van der Waals surface area contributed by atoms with Crippen molar-refractivity contribution in [3.05, 3.63) is 53.8 Å². The fourth-order valence-corrected chi connectivity index (χ4v) is 3.30. The smallest absolute Gasteiger partial charge is 0.416 e. The zero-order chi connectivity index (χ0) is 17.9. The largest absolute Gasteiger partial charge is 0.461 e. The van der Waals surface area contributed by atoms with Crippen molar-refractivity contribution >= 4 is 11.8 Å². The van der Waals surface area contributed by atoms with E-state index in [-0.39, 0.29) is 0 Å². The fourth-order valence-electron chi connectivity index (χ4n) is 2.39. The standard InChI is InChI=1S/C17H16F3N3OS/c1-2-8-23-15(14-7-4-9-24-14)21-22-16(23)25-11-12-5-3-6-13(10-12)17(18,19)20/h3-7,9-10H,2,8,11H2,1H3. The highest BCUT2D eigenvalue weighted by atomic mass is 32.2. The molecule has 2 aromatic heterocycles. The molecule has 2 heterocycles. The van der Waals surface area contributed by atoms with Crippen molar-refractivity contribution in [2.45, 2.75) is 37.0 Å². The topological polar surface area (TPSA) is 43.9 Å². The molecule has 0 aliphatic carbocycles. The van der Waals surface area contributed by atoms with Gasteiger partial charge in [-0.05, 0) is 30.2 Å². The second-order valence-electron chi connectivity index (χ2n) is 5.42. The molecular weight excluding hydrogens is 351 g/mol. The first kappa shape index (κ1) is 17.6. The number of furan rings is 1. The molecule has 3 rings (SSSR count). The maximum absolute atomic E-state index is 12.8. The Morgan fingerprint density at radius 3 is 2.68 bits per heavy atom. The van der Waals surface area contributed by atoms with Crippen LogP contribution in [-0.4, -0.2) is 14.8 Å². The Morgan fingerprint density at radius 2 is 2.00 bits per heavy atom.